The maximum absolute atomic E-state index is 6.21. The minimum atomic E-state index is -1.79. The van der Waals surface area contributed by atoms with Crippen LogP contribution in [0, 0.1) is 15.0 Å². The zero-order valence-corrected chi connectivity index (χ0v) is 23.0. The Labute approximate surface area is 205 Å². The van der Waals surface area contributed by atoms with Gasteiger partial charge in [0.05, 0.1) is 14.7 Å². The van der Waals surface area contributed by atoms with E-state index >= 15 is 0 Å². The highest BCUT2D eigenvalue weighted by Crippen LogP contribution is 2.41. The summed E-state index contributed by atoms with van der Waals surface area (Å²) in [6.07, 6.45) is 5.61. The van der Waals surface area contributed by atoms with Gasteiger partial charge in [-0.3, -0.25) is 0 Å². The van der Waals surface area contributed by atoms with Crippen LogP contribution in [-0.2, 0) is 13.0 Å². The van der Waals surface area contributed by atoms with E-state index in [0.717, 1.165) is 50.9 Å². The first-order chi connectivity index (χ1) is 15.2. The largest absolute Gasteiger partial charge is 0.383 e. The van der Waals surface area contributed by atoms with E-state index in [1.54, 1.807) is 6.33 Å². The van der Waals surface area contributed by atoms with Gasteiger partial charge < -0.3 is 10.3 Å². The molecule has 4 rings (SSSR count). The van der Waals surface area contributed by atoms with Crippen molar-refractivity contribution in [2.24, 2.45) is 0 Å². The highest BCUT2D eigenvalue weighted by molar-refractivity contribution is 14.1. The predicted octanol–water partition coefficient (Wildman–Crippen LogP) is 6.20. The molecule has 168 valence electrons. The SMILES string of the molecule is CC(C)[Si](C#Cc1cc2c(cn1)-c1c(I)c3c(N)ncnc3n1CCC2)(C(C)C)C(C)C. The van der Waals surface area contributed by atoms with Gasteiger partial charge in [-0.15, -0.1) is 5.54 Å². The van der Waals surface area contributed by atoms with E-state index in [-0.39, 0.29) is 0 Å². The molecule has 0 saturated heterocycles. The van der Waals surface area contributed by atoms with E-state index < -0.39 is 8.07 Å². The molecule has 0 atom stereocenters. The van der Waals surface area contributed by atoms with Crippen LogP contribution in [0.1, 0.15) is 59.2 Å². The first-order valence-corrected chi connectivity index (χ1v) is 14.8. The minimum absolute atomic E-state index is 0.536. The number of halogens is 1. The van der Waals surface area contributed by atoms with Crippen LogP contribution in [0.5, 0.6) is 0 Å². The van der Waals surface area contributed by atoms with Crippen LogP contribution < -0.4 is 5.73 Å². The normalized spacial score (nSPS) is 13.8. The fourth-order valence-corrected chi connectivity index (χ4v) is 12.0. The number of nitrogens with zero attached hydrogens (tertiary/aromatic N) is 4. The number of fused-ring (bicyclic) bond motifs is 5. The second-order valence-electron chi connectivity index (χ2n) is 9.75. The van der Waals surface area contributed by atoms with E-state index in [9.17, 15) is 0 Å². The summed E-state index contributed by atoms with van der Waals surface area (Å²) in [7, 11) is -1.79. The number of hydrogen-bond donors (Lipinski definition) is 1. The summed E-state index contributed by atoms with van der Waals surface area (Å²) in [5, 5.41) is 0.946. The van der Waals surface area contributed by atoms with E-state index in [0.29, 0.717) is 22.4 Å². The highest BCUT2D eigenvalue weighted by Gasteiger charge is 2.41. The number of aryl methyl sites for hydroxylation is 2. The van der Waals surface area contributed by atoms with Crippen molar-refractivity contribution in [1.82, 2.24) is 19.5 Å². The molecule has 7 heteroatoms. The Hall–Kier alpha value is -1.92. The monoisotopic (exact) mass is 557 g/mol. The molecule has 4 heterocycles. The quantitative estimate of drug-likeness (QED) is 0.237. The average Bonchev–Trinajstić information content (AvgIpc) is 2.89. The number of nitrogens with two attached hydrogens (primary N) is 1. The van der Waals surface area contributed by atoms with Crippen molar-refractivity contribution >= 4 is 47.5 Å². The summed E-state index contributed by atoms with van der Waals surface area (Å²) in [6, 6.07) is 2.21. The molecule has 0 aliphatic carbocycles. The lowest BCUT2D eigenvalue weighted by molar-refractivity contribution is 0.675. The fraction of sp³-hybridized carbons (Fsp3) is 0.480. The Morgan fingerprint density at radius 1 is 1.06 bits per heavy atom. The average molecular weight is 558 g/mol. The molecule has 0 unspecified atom stereocenters. The molecule has 1 aliphatic heterocycles. The van der Waals surface area contributed by atoms with Gasteiger partial charge in [-0.25, -0.2) is 15.0 Å². The molecule has 0 bridgehead atoms. The van der Waals surface area contributed by atoms with Gasteiger partial charge in [0.1, 0.15) is 31.6 Å². The number of nitrogen functional groups attached to an aromatic ring is 1. The molecule has 0 spiro atoms. The van der Waals surface area contributed by atoms with Crippen LogP contribution in [0.15, 0.2) is 18.6 Å². The molecule has 0 saturated carbocycles. The maximum atomic E-state index is 6.21. The zero-order chi connectivity index (χ0) is 23.2. The maximum Gasteiger partial charge on any atom is 0.147 e. The van der Waals surface area contributed by atoms with Gasteiger partial charge in [0.2, 0.25) is 0 Å². The summed E-state index contributed by atoms with van der Waals surface area (Å²) < 4.78 is 3.38. The Morgan fingerprint density at radius 2 is 1.75 bits per heavy atom. The first kappa shape index (κ1) is 23.2. The van der Waals surface area contributed by atoms with Crippen LogP contribution in [0.2, 0.25) is 16.6 Å². The molecule has 0 amide bonds. The van der Waals surface area contributed by atoms with Crippen molar-refractivity contribution < 1.29 is 0 Å². The van der Waals surface area contributed by atoms with Crippen molar-refractivity contribution in [2.75, 3.05) is 5.73 Å². The highest BCUT2D eigenvalue weighted by atomic mass is 127. The molecular weight excluding hydrogens is 525 g/mol. The molecule has 3 aromatic rings. The molecule has 32 heavy (non-hydrogen) atoms. The number of rotatable bonds is 3. The van der Waals surface area contributed by atoms with Gasteiger partial charge in [0, 0.05) is 18.3 Å². The Kier molecular flexibility index (Phi) is 6.38. The first-order valence-electron chi connectivity index (χ1n) is 11.5. The third-order valence-corrected chi connectivity index (χ3v) is 14.5. The number of pyridine rings is 1. The standard InChI is InChI=1S/C25H32IN5Si/c1-15(2)32(16(3)4,17(5)6)11-9-19-12-18-8-7-10-31-23(20(18)13-28-19)22(26)21-24(27)29-14-30-25(21)31/h12-17H,7-8,10H2,1-6H3,(H2,27,29,30). The molecule has 0 aromatic carbocycles. The van der Waals surface area contributed by atoms with Gasteiger partial charge in [0.25, 0.3) is 0 Å². The number of aromatic nitrogens is 4. The van der Waals surface area contributed by atoms with Gasteiger partial charge in [-0.05, 0) is 63.7 Å². The van der Waals surface area contributed by atoms with Crippen LogP contribution in [-0.4, -0.2) is 27.6 Å². The lowest BCUT2D eigenvalue weighted by Gasteiger charge is -2.38. The van der Waals surface area contributed by atoms with E-state index in [2.05, 4.69) is 96.2 Å². The van der Waals surface area contributed by atoms with Gasteiger partial charge in [0.15, 0.2) is 0 Å². The van der Waals surface area contributed by atoms with Crippen molar-refractivity contribution in [3.8, 4) is 22.7 Å². The second-order valence-corrected chi connectivity index (χ2v) is 16.4. The van der Waals surface area contributed by atoms with Crippen LogP contribution in [0.4, 0.5) is 5.82 Å². The van der Waals surface area contributed by atoms with Crippen LogP contribution in [0.25, 0.3) is 22.3 Å². The molecule has 5 nitrogen and oxygen atoms in total. The van der Waals surface area contributed by atoms with Crippen molar-refractivity contribution in [3.63, 3.8) is 0 Å². The summed E-state index contributed by atoms with van der Waals surface area (Å²) >= 11 is 2.38. The molecular formula is C25H32IN5Si. The predicted molar refractivity (Wildman–Crippen MR) is 144 cm³/mol. The van der Waals surface area contributed by atoms with Crippen molar-refractivity contribution in [3.05, 3.63) is 33.4 Å². The third-order valence-electron chi connectivity index (χ3n) is 7.16. The zero-order valence-electron chi connectivity index (χ0n) is 19.8. The smallest absolute Gasteiger partial charge is 0.147 e. The summed E-state index contributed by atoms with van der Waals surface area (Å²) in [5.74, 6) is 4.06. The van der Waals surface area contributed by atoms with Gasteiger partial charge >= 0.3 is 0 Å². The molecule has 0 fully saturated rings. The number of anilines is 1. The topological polar surface area (TPSA) is 69.6 Å². The van der Waals surface area contributed by atoms with Crippen molar-refractivity contribution in [2.45, 2.75) is 77.6 Å². The number of hydrogen-bond acceptors (Lipinski definition) is 4. The van der Waals surface area contributed by atoms with Gasteiger partial charge in [-0.1, -0.05) is 47.5 Å². The third kappa shape index (κ3) is 3.65. The molecule has 0 radical (unpaired) electrons. The Bertz CT molecular complexity index is 1210. The van der Waals surface area contributed by atoms with E-state index in [4.69, 9.17) is 10.7 Å². The summed E-state index contributed by atoms with van der Waals surface area (Å²) in [6.45, 7) is 15.0. The molecule has 3 aromatic heterocycles. The lowest BCUT2D eigenvalue weighted by atomic mass is 10.0. The second kappa shape index (κ2) is 8.79. The van der Waals surface area contributed by atoms with Gasteiger partial charge in [-0.2, -0.15) is 0 Å². The fourth-order valence-electron chi connectivity index (χ4n) is 5.65. The molecule has 2 N–H and O–H groups in total. The van der Waals surface area contributed by atoms with Crippen molar-refractivity contribution in [1.29, 1.82) is 0 Å². The Morgan fingerprint density at radius 3 is 2.41 bits per heavy atom. The summed E-state index contributed by atoms with van der Waals surface area (Å²) in [4.78, 5) is 13.6. The Balaban J connectivity index is 1.84. The minimum Gasteiger partial charge on any atom is -0.383 e. The van der Waals surface area contributed by atoms with Crippen LogP contribution >= 0.6 is 22.6 Å². The van der Waals surface area contributed by atoms with E-state index in [1.165, 1.54) is 5.56 Å². The van der Waals surface area contributed by atoms with E-state index in [1.807, 2.05) is 6.20 Å². The van der Waals surface area contributed by atoms with Crippen LogP contribution in [0.3, 0.4) is 0 Å². The lowest BCUT2D eigenvalue weighted by Crippen LogP contribution is -2.43. The molecule has 1 aliphatic rings. The summed E-state index contributed by atoms with van der Waals surface area (Å²) in [5.41, 5.74) is 17.3.